The fourth-order valence-corrected chi connectivity index (χ4v) is 2.06. The molecule has 0 unspecified atom stereocenters. The fraction of sp³-hybridized carbons (Fsp3) is 0.0526. The highest BCUT2D eigenvalue weighted by atomic mass is 13.9. The van der Waals surface area contributed by atoms with Crippen LogP contribution in [0, 0.1) is 0 Å². The molecule has 3 aromatic carbocycles. The van der Waals surface area contributed by atoms with Gasteiger partial charge in [-0.2, -0.15) is 0 Å². The van der Waals surface area contributed by atoms with Crippen molar-refractivity contribution in [2.45, 2.75) is 6.82 Å². The minimum absolute atomic E-state index is 0.484. The van der Waals surface area contributed by atoms with E-state index in [0.29, 0.717) is 6.71 Å². The Balaban J connectivity index is 0.000000205. The molecule has 98 valence electrons. The molecule has 0 heterocycles. The third kappa shape index (κ3) is 4.44. The van der Waals surface area contributed by atoms with Crippen molar-refractivity contribution in [1.82, 2.24) is 0 Å². The Morgan fingerprint density at radius 1 is 0.450 bits per heavy atom. The van der Waals surface area contributed by atoms with Gasteiger partial charge in [0.15, 0.2) is 0 Å². The smallest absolute Gasteiger partial charge is 0.0774 e. The van der Waals surface area contributed by atoms with Crippen molar-refractivity contribution >= 4 is 17.6 Å². The van der Waals surface area contributed by atoms with Crippen LogP contribution in [0.25, 0.3) is 0 Å². The lowest BCUT2D eigenvalue weighted by Crippen LogP contribution is -2.38. The summed E-state index contributed by atoms with van der Waals surface area (Å²) in [6, 6.07) is 33.2. The molecule has 0 saturated carbocycles. The van der Waals surface area contributed by atoms with E-state index in [1.165, 1.54) is 10.9 Å². The molecule has 3 aromatic rings. The van der Waals surface area contributed by atoms with E-state index >= 15 is 0 Å². The summed E-state index contributed by atoms with van der Waals surface area (Å²) in [5.41, 5.74) is 2.75. The maximum atomic E-state index is 2.24. The normalized spacial score (nSPS) is 9.25. The summed E-state index contributed by atoms with van der Waals surface area (Å²) in [4.78, 5) is 0. The molecule has 0 aliphatic rings. The second kappa shape index (κ2) is 8.01. The molecule has 0 radical (unpaired) electrons. The highest BCUT2D eigenvalue weighted by Gasteiger charge is 2.10. The van der Waals surface area contributed by atoms with E-state index in [9.17, 15) is 0 Å². The standard InChI is InChI=1S/C13H13B.C6H6/c1-14(12-8-4-2-5-9-12)13-10-6-3-7-11-13;1-2-4-6-5-3-1/h2-11H,1H3;1-6H. The van der Waals surface area contributed by atoms with E-state index in [0.717, 1.165) is 0 Å². The van der Waals surface area contributed by atoms with Crippen LogP contribution in [-0.4, -0.2) is 6.71 Å². The molecule has 0 N–H and O–H groups in total. The largest absolute Gasteiger partial charge is 0.206 e. The fourth-order valence-electron chi connectivity index (χ4n) is 2.06. The Bertz CT molecular complexity index is 510. The zero-order valence-electron chi connectivity index (χ0n) is 11.8. The number of hydrogen-bond acceptors (Lipinski definition) is 0. The van der Waals surface area contributed by atoms with Gasteiger partial charge in [-0.3, -0.25) is 0 Å². The van der Waals surface area contributed by atoms with Crippen LogP contribution < -0.4 is 10.9 Å². The molecule has 0 aliphatic carbocycles. The molecule has 1 heteroatoms. The van der Waals surface area contributed by atoms with Crippen molar-refractivity contribution in [2.75, 3.05) is 0 Å². The predicted octanol–water partition coefficient (Wildman–Crippen LogP) is 3.61. The van der Waals surface area contributed by atoms with Gasteiger partial charge in [-0.15, -0.1) is 0 Å². The van der Waals surface area contributed by atoms with Gasteiger partial charge in [-0.25, -0.2) is 0 Å². The predicted molar refractivity (Wildman–Crippen MR) is 90.2 cm³/mol. The topological polar surface area (TPSA) is 0 Å². The van der Waals surface area contributed by atoms with E-state index in [1.54, 1.807) is 0 Å². The van der Waals surface area contributed by atoms with Gasteiger partial charge < -0.3 is 0 Å². The van der Waals surface area contributed by atoms with Crippen molar-refractivity contribution < 1.29 is 0 Å². The zero-order chi connectivity index (χ0) is 14.0. The first-order chi connectivity index (χ1) is 9.88. The molecule has 0 bridgehead atoms. The summed E-state index contributed by atoms with van der Waals surface area (Å²) in [7, 11) is 0. The summed E-state index contributed by atoms with van der Waals surface area (Å²) in [6.45, 7) is 2.72. The molecule has 0 amide bonds. The van der Waals surface area contributed by atoms with Crippen LogP contribution in [0.4, 0.5) is 0 Å². The molecule has 0 aliphatic heterocycles. The van der Waals surface area contributed by atoms with Gasteiger partial charge in [0, 0.05) is 0 Å². The lowest BCUT2D eigenvalue weighted by atomic mass is 9.43. The van der Waals surface area contributed by atoms with Gasteiger partial charge in [0.1, 0.15) is 0 Å². The summed E-state index contributed by atoms with van der Waals surface area (Å²) in [6.07, 6.45) is 0. The van der Waals surface area contributed by atoms with Gasteiger partial charge in [0.25, 0.3) is 0 Å². The number of hydrogen-bond donors (Lipinski definition) is 0. The van der Waals surface area contributed by atoms with Crippen LogP contribution in [-0.2, 0) is 0 Å². The molecule has 0 fully saturated rings. The lowest BCUT2D eigenvalue weighted by molar-refractivity contribution is 1.72. The highest BCUT2D eigenvalue weighted by Crippen LogP contribution is 1.91. The zero-order valence-corrected chi connectivity index (χ0v) is 11.8. The second-order valence-electron chi connectivity index (χ2n) is 4.70. The van der Waals surface area contributed by atoms with Crippen LogP contribution in [0.5, 0.6) is 0 Å². The molecule has 0 nitrogen and oxygen atoms in total. The van der Waals surface area contributed by atoms with Gasteiger partial charge >= 0.3 is 0 Å². The monoisotopic (exact) mass is 258 g/mol. The molecular formula is C19H19B. The average molecular weight is 258 g/mol. The van der Waals surface area contributed by atoms with Gasteiger partial charge in [0.2, 0.25) is 6.71 Å². The molecule has 0 atom stereocenters. The minimum atomic E-state index is 0.484. The second-order valence-corrected chi connectivity index (χ2v) is 4.70. The van der Waals surface area contributed by atoms with E-state index < -0.39 is 0 Å². The number of rotatable bonds is 2. The van der Waals surface area contributed by atoms with Crippen molar-refractivity contribution in [3.05, 3.63) is 97.1 Å². The molecule has 0 aromatic heterocycles. The lowest BCUT2D eigenvalue weighted by Gasteiger charge is -2.08. The summed E-state index contributed by atoms with van der Waals surface area (Å²) >= 11 is 0. The quantitative estimate of drug-likeness (QED) is 0.616. The average Bonchev–Trinajstić information content (AvgIpc) is 2.58. The molecule has 3 rings (SSSR count). The Morgan fingerprint density at radius 2 is 0.700 bits per heavy atom. The van der Waals surface area contributed by atoms with Gasteiger partial charge in [0.05, 0.1) is 0 Å². The molecule has 0 spiro atoms. The highest BCUT2D eigenvalue weighted by molar-refractivity contribution is 6.84. The molecule has 20 heavy (non-hydrogen) atoms. The van der Waals surface area contributed by atoms with Gasteiger partial charge in [-0.05, 0) is 0 Å². The van der Waals surface area contributed by atoms with Crippen LogP contribution in [0.15, 0.2) is 97.1 Å². The van der Waals surface area contributed by atoms with E-state index in [-0.39, 0.29) is 0 Å². The Labute approximate surface area is 122 Å². The third-order valence-electron chi connectivity index (χ3n) is 3.27. The van der Waals surface area contributed by atoms with Crippen molar-refractivity contribution in [3.8, 4) is 0 Å². The van der Waals surface area contributed by atoms with Crippen LogP contribution in [0.2, 0.25) is 6.82 Å². The summed E-state index contributed by atoms with van der Waals surface area (Å²) in [5, 5.41) is 0. The van der Waals surface area contributed by atoms with Gasteiger partial charge in [-0.1, -0.05) is 115 Å². The number of benzene rings is 3. The Hall–Kier alpha value is -2.28. The van der Waals surface area contributed by atoms with E-state index in [4.69, 9.17) is 0 Å². The van der Waals surface area contributed by atoms with Crippen LogP contribution >= 0.6 is 0 Å². The summed E-state index contributed by atoms with van der Waals surface area (Å²) in [5.74, 6) is 0. The SMILES string of the molecule is CB(c1ccccc1)c1ccccc1.c1ccccc1. The maximum Gasteiger partial charge on any atom is 0.206 e. The van der Waals surface area contributed by atoms with Crippen molar-refractivity contribution in [3.63, 3.8) is 0 Å². The van der Waals surface area contributed by atoms with Crippen molar-refractivity contribution in [2.24, 2.45) is 0 Å². The molecule has 0 saturated heterocycles. The molecular weight excluding hydrogens is 239 g/mol. The van der Waals surface area contributed by atoms with Crippen molar-refractivity contribution in [1.29, 1.82) is 0 Å². The first kappa shape index (κ1) is 14.1. The Morgan fingerprint density at radius 3 is 1.00 bits per heavy atom. The maximum absolute atomic E-state index is 2.24. The van der Waals surface area contributed by atoms with Crippen LogP contribution in [0.3, 0.4) is 0 Å². The van der Waals surface area contributed by atoms with E-state index in [1.807, 2.05) is 36.4 Å². The first-order valence-electron chi connectivity index (χ1n) is 6.98. The first-order valence-corrected chi connectivity index (χ1v) is 6.98. The van der Waals surface area contributed by atoms with Crippen LogP contribution in [0.1, 0.15) is 0 Å². The van der Waals surface area contributed by atoms with E-state index in [2.05, 4.69) is 67.5 Å². The minimum Gasteiger partial charge on any atom is -0.0774 e. The third-order valence-corrected chi connectivity index (χ3v) is 3.27. The summed E-state index contributed by atoms with van der Waals surface area (Å²) < 4.78 is 0. The Kier molecular flexibility index (Phi) is 5.66.